The van der Waals surface area contributed by atoms with Gasteiger partial charge < -0.3 is 15.0 Å². The average molecular weight is 330 g/mol. The molecule has 2 heterocycles. The van der Waals surface area contributed by atoms with Gasteiger partial charge in [-0.15, -0.1) is 11.3 Å². The molecule has 1 aliphatic heterocycles. The van der Waals surface area contributed by atoms with E-state index in [1.54, 1.807) is 18.4 Å². The molecule has 1 N–H and O–H groups in total. The molecule has 2 aromatic rings. The molecule has 1 fully saturated rings. The molecule has 1 aromatic heterocycles. The second-order valence-corrected chi connectivity index (χ2v) is 6.51. The van der Waals surface area contributed by atoms with Gasteiger partial charge in [0.05, 0.1) is 13.7 Å². The summed E-state index contributed by atoms with van der Waals surface area (Å²) in [6.45, 7) is 2.74. The van der Waals surface area contributed by atoms with Crippen LogP contribution in [0.25, 0.3) is 0 Å². The Morgan fingerprint density at radius 1 is 1.43 bits per heavy atom. The van der Waals surface area contributed by atoms with Crippen molar-refractivity contribution < 1.29 is 4.74 Å². The largest absolute Gasteiger partial charge is 0.497 e. The maximum atomic E-state index is 5.23. The van der Waals surface area contributed by atoms with E-state index < -0.39 is 0 Å². The standard InChI is InChI=1S/C17H22N4OS/c1-18-17(20-11-16-19-8-10-23-16)21-9-7-14(12-21)13-3-5-15(22-2)6-4-13/h3-6,8,10,14H,7,9,11-12H2,1-2H3,(H,18,20). The Kier molecular flexibility index (Phi) is 5.12. The van der Waals surface area contributed by atoms with Crippen molar-refractivity contribution in [1.82, 2.24) is 15.2 Å². The molecule has 0 bridgehead atoms. The van der Waals surface area contributed by atoms with Gasteiger partial charge in [-0.25, -0.2) is 4.98 Å². The number of hydrogen-bond donors (Lipinski definition) is 1. The predicted octanol–water partition coefficient (Wildman–Crippen LogP) is 2.72. The van der Waals surface area contributed by atoms with Crippen LogP contribution < -0.4 is 10.1 Å². The number of nitrogens with one attached hydrogen (secondary N) is 1. The maximum Gasteiger partial charge on any atom is 0.194 e. The lowest BCUT2D eigenvalue weighted by Gasteiger charge is -2.21. The van der Waals surface area contributed by atoms with Crippen LogP contribution in [0.15, 0.2) is 40.8 Å². The van der Waals surface area contributed by atoms with Gasteiger partial charge in [-0.05, 0) is 24.1 Å². The van der Waals surface area contributed by atoms with Crippen molar-refractivity contribution in [3.63, 3.8) is 0 Å². The van der Waals surface area contributed by atoms with E-state index in [0.717, 1.165) is 42.8 Å². The third-order valence-corrected chi connectivity index (χ3v) is 4.95. The molecule has 3 rings (SSSR count). The van der Waals surface area contributed by atoms with Gasteiger partial charge in [0.2, 0.25) is 0 Å². The van der Waals surface area contributed by atoms with Crippen molar-refractivity contribution >= 4 is 17.3 Å². The van der Waals surface area contributed by atoms with Crippen LogP contribution in [0.5, 0.6) is 5.75 Å². The van der Waals surface area contributed by atoms with Crippen LogP contribution in [0.2, 0.25) is 0 Å². The Morgan fingerprint density at radius 3 is 2.91 bits per heavy atom. The van der Waals surface area contributed by atoms with E-state index in [1.165, 1.54) is 5.56 Å². The fourth-order valence-electron chi connectivity index (χ4n) is 2.93. The highest BCUT2D eigenvalue weighted by Gasteiger charge is 2.26. The van der Waals surface area contributed by atoms with Crippen molar-refractivity contribution in [2.45, 2.75) is 18.9 Å². The van der Waals surface area contributed by atoms with Crippen LogP contribution in [-0.2, 0) is 6.54 Å². The van der Waals surface area contributed by atoms with Gasteiger partial charge >= 0.3 is 0 Å². The van der Waals surface area contributed by atoms with Crippen molar-refractivity contribution in [2.75, 3.05) is 27.2 Å². The molecular weight excluding hydrogens is 308 g/mol. The highest BCUT2D eigenvalue weighted by molar-refractivity contribution is 7.09. The summed E-state index contributed by atoms with van der Waals surface area (Å²) in [6.07, 6.45) is 2.98. The van der Waals surface area contributed by atoms with Gasteiger partial charge in [-0.1, -0.05) is 12.1 Å². The molecule has 1 unspecified atom stereocenters. The topological polar surface area (TPSA) is 49.8 Å². The molecule has 5 nitrogen and oxygen atoms in total. The van der Waals surface area contributed by atoms with E-state index in [0.29, 0.717) is 5.92 Å². The third-order valence-electron chi connectivity index (χ3n) is 4.17. The van der Waals surface area contributed by atoms with Crippen LogP contribution in [0, 0.1) is 0 Å². The zero-order chi connectivity index (χ0) is 16.1. The van der Waals surface area contributed by atoms with Gasteiger partial charge in [-0.2, -0.15) is 0 Å². The Morgan fingerprint density at radius 2 is 2.26 bits per heavy atom. The Labute approximate surface area is 141 Å². The Bertz CT molecular complexity index is 639. The lowest BCUT2D eigenvalue weighted by Crippen LogP contribution is -2.39. The fourth-order valence-corrected chi connectivity index (χ4v) is 3.48. The number of benzene rings is 1. The molecule has 1 aromatic carbocycles. The number of likely N-dealkylation sites (tertiary alicyclic amines) is 1. The summed E-state index contributed by atoms with van der Waals surface area (Å²) in [7, 11) is 3.54. The zero-order valence-corrected chi connectivity index (χ0v) is 14.3. The predicted molar refractivity (Wildman–Crippen MR) is 94.2 cm³/mol. The fraction of sp³-hybridized carbons (Fsp3) is 0.412. The number of aliphatic imine (C=N–C) groups is 1. The summed E-state index contributed by atoms with van der Waals surface area (Å²) in [5, 5.41) is 6.48. The number of aromatic nitrogens is 1. The normalized spacial score (nSPS) is 18.3. The first-order chi connectivity index (χ1) is 11.3. The van der Waals surface area contributed by atoms with E-state index in [-0.39, 0.29) is 0 Å². The summed E-state index contributed by atoms with van der Waals surface area (Å²) in [5.74, 6) is 2.40. The quantitative estimate of drug-likeness (QED) is 0.692. The molecule has 23 heavy (non-hydrogen) atoms. The molecule has 1 atom stereocenters. The van der Waals surface area contributed by atoms with Gasteiger partial charge in [-0.3, -0.25) is 4.99 Å². The molecular formula is C17H22N4OS. The van der Waals surface area contributed by atoms with Gasteiger partial charge in [0.25, 0.3) is 0 Å². The van der Waals surface area contributed by atoms with E-state index >= 15 is 0 Å². The van der Waals surface area contributed by atoms with Crippen molar-refractivity contribution in [3.05, 3.63) is 46.4 Å². The lowest BCUT2D eigenvalue weighted by atomic mass is 9.98. The second kappa shape index (κ2) is 7.46. The van der Waals surface area contributed by atoms with Crippen LogP contribution in [-0.4, -0.2) is 43.1 Å². The Balaban J connectivity index is 1.58. The average Bonchev–Trinajstić information content (AvgIpc) is 3.27. The van der Waals surface area contributed by atoms with Crippen LogP contribution in [0.4, 0.5) is 0 Å². The van der Waals surface area contributed by atoms with Crippen LogP contribution >= 0.6 is 11.3 Å². The Hall–Kier alpha value is -2.08. The molecule has 0 radical (unpaired) electrons. The SMILES string of the molecule is CN=C(NCc1nccs1)N1CCC(c2ccc(OC)cc2)C1. The first kappa shape index (κ1) is 15.8. The molecule has 0 saturated carbocycles. The molecule has 6 heteroatoms. The number of thiazole rings is 1. The molecule has 0 spiro atoms. The third kappa shape index (κ3) is 3.82. The highest BCUT2D eigenvalue weighted by atomic mass is 32.1. The monoisotopic (exact) mass is 330 g/mol. The molecule has 122 valence electrons. The summed E-state index contributed by atoms with van der Waals surface area (Å²) in [5.41, 5.74) is 1.36. The highest BCUT2D eigenvalue weighted by Crippen LogP contribution is 2.28. The van der Waals surface area contributed by atoms with Crippen molar-refractivity contribution in [1.29, 1.82) is 0 Å². The number of guanidine groups is 1. The second-order valence-electron chi connectivity index (χ2n) is 5.53. The van der Waals surface area contributed by atoms with Crippen LogP contribution in [0.3, 0.4) is 0 Å². The summed E-state index contributed by atoms with van der Waals surface area (Å²) >= 11 is 1.66. The number of nitrogens with zero attached hydrogens (tertiary/aromatic N) is 3. The lowest BCUT2D eigenvalue weighted by molar-refractivity contribution is 0.414. The van der Waals surface area contributed by atoms with E-state index in [9.17, 15) is 0 Å². The summed E-state index contributed by atoms with van der Waals surface area (Å²) < 4.78 is 5.23. The van der Waals surface area contributed by atoms with Gasteiger partial charge in [0.1, 0.15) is 10.8 Å². The first-order valence-corrected chi connectivity index (χ1v) is 8.66. The van der Waals surface area contributed by atoms with Crippen LogP contribution in [0.1, 0.15) is 22.9 Å². The molecule has 0 aliphatic carbocycles. The maximum absolute atomic E-state index is 5.23. The molecule has 1 aliphatic rings. The van der Waals surface area contributed by atoms with Crippen molar-refractivity contribution in [2.24, 2.45) is 4.99 Å². The zero-order valence-electron chi connectivity index (χ0n) is 13.5. The van der Waals surface area contributed by atoms with E-state index in [1.807, 2.05) is 30.8 Å². The number of methoxy groups -OCH3 is 1. The minimum atomic E-state index is 0.541. The van der Waals surface area contributed by atoms with Crippen molar-refractivity contribution in [3.8, 4) is 5.75 Å². The molecule has 1 saturated heterocycles. The number of rotatable bonds is 4. The summed E-state index contributed by atoms with van der Waals surface area (Å²) in [6, 6.07) is 8.40. The minimum Gasteiger partial charge on any atom is -0.497 e. The van der Waals surface area contributed by atoms with E-state index in [2.05, 4.69) is 32.3 Å². The summed E-state index contributed by atoms with van der Waals surface area (Å²) in [4.78, 5) is 11.0. The number of hydrogen-bond acceptors (Lipinski definition) is 4. The van der Waals surface area contributed by atoms with Gasteiger partial charge in [0, 0.05) is 37.6 Å². The van der Waals surface area contributed by atoms with Gasteiger partial charge in [0.15, 0.2) is 5.96 Å². The number of ether oxygens (including phenoxy) is 1. The first-order valence-electron chi connectivity index (χ1n) is 7.78. The van der Waals surface area contributed by atoms with E-state index in [4.69, 9.17) is 4.74 Å². The minimum absolute atomic E-state index is 0.541. The molecule has 0 amide bonds. The smallest absolute Gasteiger partial charge is 0.194 e.